The van der Waals surface area contributed by atoms with Crippen molar-refractivity contribution >= 4 is 0 Å². The number of hydrogen-bond donors (Lipinski definition) is 1. The molecule has 1 aromatic carbocycles. The normalized spacial score (nSPS) is 12.8. The molecule has 114 valence electrons. The number of nitrogens with one attached hydrogen (secondary N) is 1. The van der Waals surface area contributed by atoms with Crippen LogP contribution in [0.15, 0.2) is 24.3 Å². The topological polar surface area (TPSA) is 21.3 Å². The Morgan fingerprint density at radius 2 is 1.90 bits per heavy atom. The Balaban J connectivity index is 2.50. The Morgan fingerprint density at radius 1 is 1.15 bits per heavy atom. The Bertz CT molecular complexity index is 362. The van der Waals surface area contributed by atoms with E-state index in [2.05, 4.69) is 50.4 Å². The van der Waals surface area contributed by atoms with Gasteiger partial charge in [-0.3, -0.25) is 0 Å². The van der Waals surface area contributed by atoms with E-state index in [9.17, 15) is 0 Å². The third-order valence-corrected chi connectivity index (χ3v) is 3.72. The first kappa shape index (κ1) is 17.2. The molecule has 0 bridgehead atoms. The van der Waals surface area contributed by atoms with Gasteiger partial charge in [-0.2, -0.15) is 0 Å². The van der Waals surface area contributed by atoms with Crippen molar-refractivity contribution in [3.63, 3.8) is 0 Å². The van der Waals surface area contributed by atoms with Crippen molar-refractivity contribution in [2.45, 2.75) is 40.0 Å². The van der Waals surface area contributed by atoms with Crippen LogP contribution < -0.4 is 5.32 Å². The number of benzene rings is 1. The van der Waals surface area contributed by atoms with Gasteiger partial charge >= 0.3 is 0 Å². The summed E-state index contributed by atoms with van der Waals surface area (Å²) in [5, 5.41) is 3.61. The molecule has 0 aliphatic carbocycles. The molecule has 20 heavy (non-hydrogen) atoms. The molecule has 0 spiro atoms. The lowest BCUT2D eigenvalue weighted by atomic mass is 9.92. The van der Waals surface area contributed by atoms with E-state index in [1.807, 2.05) is 0 Å². The van der Waals surface area contributed by atoms with E-state index in [0.29, 0.717) is 11.8 Å². The fraction of sp³-hybridized carbons (Fsp3) is 0.667. The molecule has 0 saturated heterocycles. The Morgan fingerprint density at radius 3 is 2.55 bits per heavy atom. The lowest BCUT2D eigenvalue weighted by molar-refractivity contribution is 0.186. The minimum absolute atomic E-state index is 0.699. The minimum atomic E-state index is 0.699. The van der Waals surface area contributed by atoms with E-state index in [4.69, 9.17) is 4.74 Å². The van der Waals surface area contributed by atoms with Crippen LogP contribution in [0.5, 0.6) is 0 Å². The highest BCUT2D eigenvalue weighted by atomic mass is 16.5. The SMILES string of the molecule is COCCCC(CNCC(C)C)Cc1ccccc1C. The summed E-state index contributed by atoms with van der Waals surface area (Å²) in [6, 6.07) is 8.75. The number of methoxy groups -OCH3 is 1. The van der Waals surface area contributed by atoms with Crippen LogP contribution in [0.25, 0.3) is 0 Å². The Hall–Kier alpha value is -0.860. The van der Waals surface area contributed by atoms with E-state index in [1.54, 1.807) is 7.11 Å². The van der Waals surface area contributed by atoms with Gasteiger partial charge in [0.05, 0.1) is 0 Å². The Labute approximate surface area is 124 Å². The summed E-state index contributed by atoms with van der Waals surface area (Å²) in [4.78, 5) is 0. The molecule has 1 unspecified atom stereocenters. The summed E-state index contributed by atoms with van der Waals surface area (Å²) < 4.78 is 5.19. The van der Waals surface area contributed by atoms with Gasteiger partial charge in [0.15, 0.2) is 0 Å². The summed E-state index contributed by atoms with van der Waals surface area (Å²) in [7, 11) is 1.79. The summed E-state index contributed by atoms with van der Waals surface area (Å²) >= 11 is 0. The molecule has 0 amide bonds. The molecule has 1 N–H and O–H groups in total. The van der Waals surface area contributed by atoms with Crippen LogP contribution in [0, 0.1) is 18.8 Å². The van der Waals surface area contributed by atoms with Crippen molar-refractivity contribution in [1.82, 2.24) is 5.32 Å². The fourth-order valence-electron chi connectivity index (χ4n) is 2.52. The van der Waals surface area contributed by atoms with Crippen LogP contribution in [0.4, 0.5) is 0 Å². The first-order valence-electron chi connectivity index (χ1n) is 7.87. The third kappa shape index (κ3) is 7.06. The van der Waals surface area contributed by atoms with Crippen molar-refractivity contribution in [3.8, 4) is 0 Å². The van der Waals surface area contributed by atoms with E-state index in [-0.39, 0.29) is 0 Å². The maximum atomic E-state index is 5.19. The van der Waals surface area contributed by atoms with Gasteiger partial charge in [-0.1, -0.05) is 38.1 Å². The zero-order valence-corrected chi connectivity index (χ0v) is 13.6. The zero-order chi connectivity index (χ0) is 14.8. The van der Waals surface area contributed by atoms with E-state index in [0.717, 1.165) is 26.1 Å². The predicted molar refractivity (Wildman–Crippen MR) is 87.2 cm³/mol. The molecule has 2 nitrogen and oxygen atoms in total. The maximum absolute atomic E-state index is 5.19. The van der Waals surface area contributed by atoms with Crippen molar-refractivity contribution in [1.29, 1.82) is 0 Å². The van der Waals surface area contributed by atoms with Gasteiger partial charge in [0.1, 0.15) is 0 Å². The molecule has 0 fully saturated rings. The molecule has 1 aromatic rings. The molecule has 0 aliphatic rings. The van der Waals surface area contributed by atoms with Gasteiger partial charge in [-0.05, 0) is 62.2 Å². The monoisotopic (exact) mass is 277 g/mol. The lowest BCUT2D eigenvalue weighted by Gasteiger charge is -2.19. The lowest BCUT2D eigenvalue weighted by Crippen LogP contribution is -2.28. The van der Waals surface area contributed by atoms with Gasteiger partial charge in [0.2, 0.25) is 0 Å². The van der Waals surface area contributed by atoms with Gasteiger partial charge in [-0.25, -0.2) is 0 Å². The highest BCUT2D eigenvalue weighted by molar-refractivity contribution is 5.25. The van der Waals surface area contributed by atoms with E-state index < -0.39 is 0 Å². The molecule has 0 radical (unpaired) electrons. The van der Waals surface area contributed by atoms with E-state index in [1.165, 1.54) is 24.0 Å². The molecule has 1 atom stereocenters. The van der Waals surface area contributed by atoms with Gasteiger partial charge in [0.25, 0.3) is 0 Å². The number of aryl methyl sites for hydroxylation is 1. The molecule has 0 saturated carbocycles. The molecule has 0 heterocycles. The Kier molecular flexibility index (Phi) is 8.56. The van der Waals surface area contributed by atoms with Gasteiger partial charge in [-0.15, -0.1) is 0 Å². The molecular weight excluding hydrogens is 246 g/mol. The van der Waals surface area contributed by atoms with Crippen molar-refractivity contribution in [2.75, 3.05) is 26.8 Å². The van der Waals surface area contributed by atoms with Crippen LogP contribution in [-0.4, -0.2) is 26.8 Å². The molecular formula is C18H31NO. The third-order valence-electron chi connectivity index (χ3n) is 3.72. The first-order valence-corrected chi connectivity index (χ1v) is 7.87. The molecule has 0 aromatic heterocycles. The van der Waals surface area contributed by atoms with Crippen LogP contribution >= 0.6 is 0 Å². The van der Waals surface area contributed by atoms with Crippen molar-refractivity contribution in [3.05, 3.63) is 35.4 Å². The molecule has 0 aliphatic heterocycles. The van der Waals surface area contributed by atoms with Crippen LogP contribution in [-0.2, 0) is 11.2 Å². The highest BCUT2D eigenvalue weighted by Crippen LogP contribution is 2.17. The smallest absolute Gasteiger partial charge is 0.0462 e. The quantitative estimate of drug-likeness (QED) is 0.656. The number of hydrogen-bond acceptors (Lipinski definition) is 2. The van der Waals surface area contributed by atoms with Crippen molar-refractivity contribution < 1.29 is 4.74 Å². The van der Waals surface area contributed by atoms with Crippen LogP contribution in [0.3, 0.4) is 0 Å². The van der Waals surface area contributed by atoms with Crippen molar-refractivity contribution in [2.24, 2.45) is 11.8 Å². The highest BCUT2D eigenvalue weighted by Gasteiger charge is 2.11. The largest absolute Gasteiger partial charge is 0.385 e. The van der Waals surface area contributed by atoms with Gasteiger partial charge < -0.3 is 10.1 Å². The summed E-state index contributed by atoms with van der Waals surface area (Å²) in [6.07, 6.45) is 3.55. The van der Waals surface area contributed by atoms with Crippen LogP contribution in [0.2, 0.25) is 0 Å². The first-order chi connectivity index (χ1) is 9.63. The maximum Gasteiger partial charge on any atom is 0.0462 e. The number of ether oxygens (including phenoxy) is 1. The average molecular weight is 277 g/mol. The number of rotatable bonds is 10. The second kappa shape index (κ2) is 9.95. The standard InChI is InChI=1S/C18H31NO/c1-15(2)13-19-14-17(9-7-11-20-4)12-18-10-6-5-8-16(18)3/h5-6,8,10,15,17,19H,7,9,11-14H2,1-4H3. The second-order valence-corrected chi connectivity index (χ2v) is 6.18. The van der Waals surface area contributed by atoms with Gasteiger partial charge in [0, 0.05) is 13.7 Å². The zero-order valence-electron chi connectivity index (χ0n) is 13.6. The molecule has 2 heteroatoms. The average Bonchev–Trinajstić information content (AvgIpc) is 2.41. The predicted octanol–water partition coefficient (Wildman–Crippen LogP) is 3.83. The fourth-order valence-corrected chi connectivity index (χ4v) is 2.52. The summed E-state index contributed by atoms with van der Waals surface area (Å²) in [5.74, 6) is 1.41. The minimum Gasteiger partial charge on any atom is -0.385 e. The summed E-state index contributed by atoms with van der Waals surface area (Å²) in [6.45, 7) is 9.81. The van der Waals surface area contributed by atoms with E-state index >= 15 is 0 Å². The molecule has 1 rings (SSSR count). The van der Waals surface area contributed by atoms with Crippen LogP contribution in [0.1, 0.15) is 37.8 Å². The summed E-state index contributed by atoms with van der Waals surface area (Å²) in [5.41, 5.74) is 2.90. The second-order valence-electron chi connectivity index (χ2n) is 6.18.